The molecule has 176 valence electrons. The van der Waals surface area contributed by atoms with Gasteiger partial charge in [0, 0.05) is 18.0 Å². The topological polar surface area (TPSA) is 79.9 Å². The summed E-state index contributed by atoms with van der Waals surface area (Å²) in [4.78, 5) is 29.2. The zero-order valence-corrected chi connectivity index (χ0v) is 21.4. The van der Waals surface area contributed by atoms with E-state index >= 15 is 0 Å². The Morgan fingerprint density at radius 1 is 1.21 bits per heavy atom. The quantitative estimate of drug-likeness (QED) is 0.361. The van der Waals surface area contributed by atoms with Crippen LogP contribution in [0.2, 0.25) is 0 Å². The number of ether oxygens (including phenoxy) is 2. The van der Waals surface area contributed by atoms with Crippen molar-refractivity contribution < 1.29 is 19.1 Å². The summed E-state index contributed by atoms with van der Waals surface area (Å²) < 4.78 is 11.7. The van der Waals surface area contributed by atoms with Gasteiger partial charge in [0.2, 0.25) is 0 Å². The van der Waals surface area contributed by atoms with Crippen LogP contribution >= 0.6 is 27.3 Å². The standard InChI is InChI=1S/C25H24BrN3O4S/c1-13-4-6-14(7-5-13)25(31)33-21-17(26)10-15(11-18(21)32-3)22-27-23(30)20-16-8-9-29(2)12-19(16)34-24(20)28-22/h4-7,10-11,22,28H,8-9,12H2,1-3H3,(H,27,30). The number of hydrogen-bond donors (Lipinski definition) is 2. The van der Waals surface area contributed by atoms with Gasteiger partial charge >= 0.3 is 5.97 Å². The summed E-state index contributed by atoms with van der Waals surface area (Å²) >= 11 is 5.16. The summed E-state index contributed by atoms with van der Waals surface area (Å²) in [6.07, 6.45) is 0.433. The number of fused-ring (bicyclic) bond motifs is 3. The summed E-state index contributed by atoms with van der Waals surface area (Å²) in [6.45, 7) is 3.76. The lowest BCUT2D eigenvalue weighted by molar-refractivity contribution is 0.0728. The van der Waals surface area contributed by atoms with Crippen molar-refractivity contribution in [2.45, 2.75) is 26.1 Å². The molecule has 0 bridgehead atoms. The number of carbonyl (C=O) groups excluding carboxylic acids is 2. The molecule has 2 N–H and O–H groups in total. The van der Waals surface area contributed by atoms with Gasteiger partial charge in [0.05, 0.1) is 22.7 Å². The molecular formula is C25H24BrN3O4S. The first-order chi connectivity index (χ1) is 16.3. The number of likely N-dealkylation sites (N-methyl/N-ethyl adjacent to an activating group) is 1. The smallest absolute Gasteiger partial charge is 0.343 e. The van der Waals surface area contributed by atoms with Gasteiger partial charge in [0.25, 0.3) is 5.91 Å². The minimum atomic E-state index is -0.477. The van der Waals surface area contributed by atoms with E-state index in [4.69, 9.17) is 9.47 Å². The van der Waals surface area contributed by atoms with Crippen LogP contribution in [0.25, 0.3) is 0 Å². The number of esters is 1. The lowest BCUT2D eigenvalue weighted by atomic mass is 10.0. The molecule has 0 saturated carbocycles. The molecule has 1 aromatic heterocycles. The number of methoxy groups -OCH3 is 1. The molecule has 5 rings (SSSR count). The van der Waals surface area contributed by atoms with Gasteiger partial charge < -0.3 is 25.0 Å². The van der Waals surface area contributed by atoms with E-state index in [9.17, 15) is 9.59 Å². The van der Waals surface area contributed by atoms with E-state index in [1.54, 1.807) is 29.5 Å². The van der Waals surface area contributed by atoms with E-state index in [1.165, 1.54) is 12.0 Å². The average molecular weight is 542 g/mol. The lowest BCUT2D eigenvalue weighted by Gasteiger charge is -2.28. The maximum Gasteiger partial charge on any atom is 0.343 e. The van der Waals surface area contributed by atoms with E-state index < -0.39 is 12.1 Å². The normalized spacial score (nSPS) is 17.3. The maximum atomic E-state index is 13.0. The molecule has 0 saturated heterocycles. The van der Waals surface area contributed by atoms with E-state index in [0.717, 1.165) is 46.8 Å². The number of hydrogen-bond acceptors (Lipinski definition) is 7. The SMILES string of the molecule is COc1cc(C2NC(=O)c3c(sc4c3CCN(C)C4)N2)cc(Br)c1OC(=O)c1ccc(C)cc1. The molecule has 1 amide bonds. The number of benzene rings is 2. The molecule has 7 nitrogen and oxygen atoms in total. The number of nitrogens with zero attached hydrogens (tertiary/aromatic N) is 1. The van der Waals surface area contributed by atoms with Crippen LogP contribution in [0.5, 0.6) is 11.5 Å². The van der Waals surface area contributed by atoms with E-state index in [-0.39, 0.29) is 11.7 Å². The summed E-state index contributed by atoms with van der Waals surface area (Å²) in [6, 6.07) is 10.8. The minimum absolute atomic E-state index is 0.0780. The Labute approximate surface area is 210 Å². The minimum Gasteiger partial charge on any atom is -0.493 e. The number of thiophene rings is 1. The number of carbonyl (C=O) groups is 2. The molecule has 2 aliphatic heterocycles. The fraction of sp³-hybridized carbons (Fsp3) is 0.280. The Bertz CT molecular complexity index is 1290. The van der Waals surface area contributed by atoms with E-state index in [2.05, 4.69) is 38.5 Å². The molecule has 9 heteroatoms. The van der Waals surface area contributed by atoms with Crippen molar-refractivity contribution in [2.24, 2.45) is 0 Å². The Morgan fingerprint density at radius 3 is 2.71 bits per heavy atom. The van der Waals surface area contributed by atoms with Crippen molar-refractivity contribution in [3.8, 4) is 11.5 Å². The van der Waals surface area contributed by atoms with Crippen LogP contribution in [0.15, 0.2) is 40.9 Å². The zero-order chi connectivity index (χ0) is 24.0. The Balaban J connectivity index is 1.42. The van der Waals surface area contributed by atoms with Crippen LogP contribution < -0.4 is 20.1 Å². The van der Waals surface area contributed by atoms with Crippen LogP contribution in [0.3, 0.4) is 0 Å². The largest absolute Gasteiger partial charge is 0.493 e. The van der Waals surface area contributed by atoms with Gasteiger partial charge in [-0.05, 0) is 71.7 Å². The molecule has 34 heavy (non-hydrogen) atoms. The third kappa shape index (κ3) is 4.19. The van der Waals surface area contributed by atoms with Crippen LogP contribution in [0.1, 0.15) is 48.4 Å². The highest BCUT2D eigenvalue weighted by molar-refractivity contribution is 9.10. The first-order valence-electron chi connectivity index (χ1n) is 10.9. The molecule has 0 aliphatic carbocycles. The van der Waals surface area contributed by atoms with Crippen molar-refractivity contribution in [1.29, 1.82) is 0 Å². The predicted octanol–water partition coefficient (Wildman–Crippen LogP) is 4.89. The first-order valence-corrected chi connectivity index (χ1v) is 12.5. The van der Waals surface area contributed by atoms with Crippen molar-refractivity contribution in [3.63, 3.8) is 0 Å². The Morgan fingerprint density at radius 2 is 1.97 bits per heavy atom. The van der Waals surface area contributed by atoms with Gasteiger partial charge in [-0.3, -0.25) is 4.79 Å². The number of aryl methyl sites for hydroxylation is 1. The van der Waals surface area contributed by atoms with Crippen molar-refractivity contribution >= 4 is 44.1 Å². The monoisotopic (exact) mass is 541 g/mol. The number of halogens is 1. The molecule has 0 radical (unpaired) electrons. The molecule has 0 fully saturated rings. The second-order valence-electron chi connectivity index (χ2n) is 8.54. The highest BCUT2D eigenvalue weighted by Crippen LogP contribution is 2.43. The van der Waals surface area contributed by atoms with Gasteiger partial charge in [-0.15, -0.1) is 11.3 Å². The van der Waals surface area contributed by atoms with Gasteiger partial charge in [-0.2, -0.15) is 0 Å². The highest BCUT2D eigenvalue weighted by Gasteiger charge is 2.33. The third-order valence-electron chi connectivity index (χ3n) is 6.09. The second-order valence-corrected chi connectivity index (χ2v) is 10.5. The van der Waals surface area contributed by atoms with Crippen LogP contribution in [0, 0.1) is 6.92 Å². The maximum absolute atomic E-state index is 13.0. The van der Waals surface area contributed by atoms with E-state index in [1.807, 2.05) is 25.1 Å². The Hall–Kier alpha value is -2.88. The molecule has 1 unspecified atom stereocenters. The van der Waals surface area contributed by atoms with Crippen LogP contribution in [0.4, 0.5) is 5.00 Å². The third-order valence-corrected chi connectivity index (χ3v) is 7.83. The van der Waals surface area contributed by atoms with Gasteiger partial charge in [-0.25, -0.2) is 4.79 Å². The first kappa shape index (κ1) is 22.9. The fourth-order valence-electron chi connectivity index (χ4n) is 4.26. The zero-order valence-electron chi connectivity index (χ0n) is 19.0. The number of nitrogens with one attached hydrogen (secondary N) is 2. The molecule has 3 aromatic rings. The fourth-order valence-corrected chi connectivity index (χ4v) is 6.15. The average Bonchev–Trinajstić information content (AvgIpc) is 3.18. The molecule has 3 heterocycles. The van der Waals surface area contributed by atoms with Gasteiger partial charge in [0.15, 0.2) is 11.5 Å². The molecule has 2 aliphatic rings. The molecule has 2 aromatic carbocycles. The number of anilines is 1. The van der Waals surface area contributed by atoms with E-state index in [0.29, 0.717) is 15.8 Å². The molecular weight excluding hydrogens is 518 g/mol. The summed E-state index contributed by atoms with van der Waals surface area (Å²) in [5, 5.41) is 7.42. The Kier molecular flexibility index (Phi) is 6.09. The highest BCUT2D eigenvalue weighted by atomic mass is 79.9. The van der Waals surface area contributed by atoms with Crippen molar-refractivity contribution in [1.82, 2.24) is 10.2 Å². The van der Waals surface area contributed by atoms with Crippen molar-refractivity contribution in [3.05, 3.63) is 73.6 Å². The van der Waals surface area contributed by atoms with Crippen LogP contribution in [-0.4, -0.2) is 37.5 Å². The van der Waals surface area contributed by atoms with Crippen LogP contribution in [-0.2, 0) is 13.0 Å². The summed E-state index contributed by atoms with van der Waals surface area (Å²) in [7, 11) is 3.61. The number of amides is 1. The van der Waals surface area contributed by atoms with Crippen molar-refractivity contribution in [2.75, 3.05) is 26.0 Å². The van der Waals surface area contributed by atoms with Gasteiger partial charge in [-0.1, -0.05) is 17.7 Å². The number of rotatable bonds is 4. The molecule has 0 spiro atoms. The summed E-state index contributed by atoms with van der Waals surface area (Å²) in [5.74, 6) is 0.119. The lowest BCUT2D eigenvalue weighted by Crippen LogP contribution is -2.38. The predicted molar refractivity (Wildman–Crippen MR) is 135 cm³/mol. The summed E-state index contributed by atoms with van der Waals surface area (Å²) in [5.41, 5.74) is 4.20. The van der Waals surface area contributed by atoms with Gasteiger partial charge in [0.1, 0.15) is 11.2 Å². The second kappa shape index (κ2) is 9.05. The molecule has 1 atom stereocenters.